The van der Waals surface area contributed by atoms with E-state index in [0.717, 1.165) is 12.8 Å². The van der Waals surface area contributed by atoms with Gasteiger partial charge in [0, 0.05) is 23.1 Å². The molecule has 1 saturated carbocycles. The second kappa shape index (κ2) is 4.69. The number of carboxylic acids is 1. The minimum Gasteiger partial charge on any atom is -0.475 e. The molecule has 7 nitrogen and oxygen atoms in total. The molecule has 0 spiro atoms. The molecule has 1 aromatic carbocycles. The van der Waals surface area contributed by atoms with Crippen molar-refractivity contribution in [2.45, 2.75) is 25.7 Å². The van der Waals surface area contributed by atoms with E-state index in [2.05, 4.69) is 4.98 Å². The Morgan fingerprint density at radius 1 is 1.48 bits per heavy atom. The SMILES string of the molecule is Cc1c(-c2nc(C3CC3)c(C(=O)O)o2)cccc1[N+](=O)[O-]. The van der Waals surface area contributed by atoms with E-state index < -0.39 is 10.9 Å². The molecule has 1 aliphatic carbocycles. The van der Waals surface area contributed by atoms with Gasteiger partial charge in [-0.05, 0) is 25.8 Å². The van der Waals surface area contributed by atoms with Crippen LogP contribution in [-0.2, 0) is 0 Å². The molecule has 2 aromatic rings. The van der Waals surface area contributed by atoms with E-state index in [0.29, 0.717) is 16.8 Å². The van der Waals surface area contributed by atoms with Gasteiger partial charge in [0.15, 0.2) is 0 Å². The van der Waals surface area contributed by atoms with E-state index in [4.69, 9.17) is 4.42 Å². The van der Waals surface area contributed by atoms with Gasteiger partial charge in [-0.25, -0.2) is 9.78 Å². The molecular weight excluding hydrogens is 276 g/mol. The number of carboxylic acid groups (broad SMARTS) is 1. The number of hydrogen-bond donors (Lipinski definition) is 1. The maximum Gasteiger partial charge on any atom is 0.373 e. The molecule has 21 heavy (non-hydrogen) atoms. The lowest BCUT2D eigenvalue weighted by Gasteiger charge is -2.01. The van der Waals surface area contributed by atoms with Crippen molar-refractivity contribution >= 4 is 11.7 Å². The van der Waals surface area contributed by atoms with Crippen molar-refractivity contribution < 1.29 is 19.2 Å². The normalized spacial score (nSPS) is 14.1. The zero-order valence-electron chi connectivity index (χ0n) is 11.2. The van der Waals surface area contributed by atoms with Crippen molar-refractivity contribution in [1.82, 2.24) is 4.98 Å². The molecule has 1 fully saturated rings. The summed E-state index contributed by atoms with van der Waals surface area (Å²) in [7, 11) is 0. The van der Waals surface area contributed by atoms with Gasteiger partial charge in [-0.2, -0.15) is 0 Å². The molecule has 108 valence electrons. The Bertz CT molecular complexity index is 746. The summed E-state index contributed by atoms with van der Waals surface area (Å²) in [5, 5.41) is 20.1. The summed E-state index contributed by atoms with van der Waals surface area (Å²) in [6.07, 6.45) is 1.78. The Morgan fingerprint density at radius 3 is 2.76 bits per heavy atom. The number of nitrogens with zero attached hydrogens (tertiary/aromatic N) is 2. The van der Waals surface area contributed by atoms with Crippen LogP contribution in [0.1, 0.15) is 40.6 Å². The van der Waals surface area contributed by atoms with Crippen LogP contribution >= 0.6 is 0 Å². The van der Waals surface area contributed by atoms with Gasteiger partial charge in [0.1, 0.15) is 0 Å². The Hall–Kier alpha value is -2.70. The smallest absolute Gasteiger partial charge is 0.373 e. The van der Waals surface area contributed by atoms with Gasteiger partial charge in [0.2, 0.25) is 11.7 Å². The average molecular weight is 288 g/mol. The van der Waals surface area contributed by atoms with Crippen molar-refractivity contribution in [3.05, 3.63) is 45.3 Å². The topological polar surface area (TPSA) is 106 Å². The maximum atomic E-state index is 11.2. The van der Waals surface area contributed by atoms with Crippen LogP contribution in [0.5, 0.6) is 0 Å². The van der Waals surface area contributed by atoms with Crippen molar-refractivity contribution in [2.24, 2.45) is 0 Å². The van der Waals surface area contributed by atoms with Gasteiger partial charge in [-0.15, -0.1) is 0 Å². The number of hydrogen-bond acceptors (Lipinski definition) is 5. The molecule has 0 bridgehead atoms. The fourth-order valence-corrected chi connectivity index (χ4v) is 2.29. The third-order valence-corrected chi connectivity index (χ3v) is 3.54. The molecule has 1 aromatic heterocycles. The Kier molecular flexibility index (Phi) is 2.97. The number of nitro groups is 1. The lowest BCUT2D eigenvalue weighted by atomic mass is 10.1. The van der Waals surface area contributed by atoms with Crippen molar-refractivity contribution in [2.75, 3.05) is 0 Å². The Morgan fingerprint density at radius 2 is 2.19 bits per heavy atom. The average Bonchev–Trinajstić information content (AvgIpc) is 3.17. The molecule has 0 amide bonds. The lowest BCUT2D eigenvalue weighted by Crippen LogP contribution is -1.98. The zero-order chi connectivity index (χ0) is 15.1. The Labute approximate surface area is 119 Å². The summed E-state index contributed by atoms with van der Waals surface area (Å²) < 4.78 is 5.35. The zero-order valence-corrected chi connectivity index (χ0v) is 11.2. The summed E-state index contributed by atoms with van der Waals surface area (Å²) in [5.41, 5.74) is 1.24. The van der Waals surface area contributed by atoms with Gasteiger partial charge in [0.05, 0.1) is 10.6 Å². The summed E-state index contributed by atoms with van der Waals surface area (Å²) in [6, 6.07) is 4.56. The predicted molar refractivity (Wildman–Crippen MR) is 72.3 cm³/mol. The van der Waals surface area contributed by atoms with Crippen LogP contribution < -0.4 is 0 Å². The first kappa shape index (κ1) is 13.3. The van der Waals surface area contributed by atoms with Crippen molar-refractivity contribution in [3.8, 4) is 11.5 Å². The van der Waals surface area contributed by atoms with Crippen LogP contribution in [0.4, 0.5) is 5.69 Å². The van der Waals surface area contributed by atoms with Crippen LogP contribution in [0.2, 0.25) is 0 Å². The number of oxazole rings is 1. The van der Waals surface area contributed by atoms with E-state index in [1.807, 2.05) is 0 Å². The monoisotopic (exact) mass is 288 g/mol. The quantitative estimate of drug-likeness (QED) is 0.684. The van der Waals surface area contributed by atoms with E-state index in [1.54, 1.807) is 13.0 Å². The maximum absolute atomic E-state index is 11.2. The Balaban J connectivity index is 2.13. The minimum atomic E-state index is -1.17. The molecule has 0 radical (unpaired) electrons. The summed E-state index contributed by atoms with van der Waals surface area (Å²) in [6.45, 7) is 1.59. The van der Waals surface area contributed by atoms with Crippen LogP contribution in [-0.4, -0.2) is 21.0 Å². The van der Waals surface area contributed by atoms with E-state index in [-0.39, 0.29) is 23.3 Å². The van der Waals surface area contributed by atoms with Gasteiger partial charge < -0.3 is 9.52 Å². The largest absolute Gasteiger partial charge is 0.475 e. The molecule has 0 aliphatic heterocycles. The number of carbonyl (C=O) groups is 1. The standard InChI is InChI=1S/C14H12N2O5/c1-7-9(3-2-4-10(7)16(19)20)13-15-11(8-5-6-8)12(21-13)14(17)18/h2-4,8H,5-6H2,1H3,(H,17,18). The summed E-state index contributed by atoms with van der Waals surface area (Å²) in [5.74, 6) is -1.10. The van der Waals surface area contributed by atoms with Crippen molar-refractivity contribution in [1.29, 1.82) is 0 Å². The highest BCUT2D eigenvalue weighted by Gasteiger charge is 2.34. The summed E-state index contributed by atoms with van der Waals surface area (Å²) >= 11 is 0. The molecule has 7 heteroatoms. The molecule has 0 saturated heterocycles. The molecule has 0 atom stereocenters. The lowest BCUT2D eigenvalue weighted by molar-refractivity contribution is -0.385. The number of benzene rings is 1. The second-order valence-electron chi connectivity index (χ2n) is 5.02. The molecule has 0 unspecified atom stereocenters. The van der Waals surface area contributed by atoms with Crippen LogP contribution in [0, 0.1) is 17.0 Å². The number of aromatic nitrogens is 1. The minimum absolute atomic E-state index is 0.0458. The number of aromatic carboxylic acids is 1. The van der Waals surface area contributed by atoms with E-state index in [1.165, 1.54) is 12.1 Å². The second-order valence-corrected chi connectivity index (χ2v) is 5.02. The summed E-state index contributed by atoms with van der Waals surface area (Å²) in [4.78, 5) is 26.0. The third-order valence-electron chi connectivity index (χ3n) is 3.54. The first-order chi connectivity index (χ1) is 9.99. The van der Waals surface area contributed by atoms with Gasteiger partial charge in [0.25, 0.3) is 5.69 Å². The van der Waals surface area contributed by atoms with Crippen LogP contribution in [0.25, 0.3) is 11.5 Å². The van der Waals surface area contributed by atoms with Gasteiger partial charge in [-0.3, -0.25) is 10.1 Å². The predicted octanol–water partition coefficient (Wildman–Crippen LogP) is 3.13. The fourth-order valence-electron chi connectivity index (χ4n) is 2.29. The molecule has 1 aliphatic rings. The fraction of sp³-hybridized carbons (Fsp3) is 0.286. The highest BCUT2D eigenvalue weighted by molar-refractivity contribution is 5.86. The van der Waals surface area contributed by atoms with Gasteiger partial charge in [-0.1, -0.05) is 6.07 Å². The molecule has 3 rings (SSSR count). The first-order valence-corrected chi connectivity index (χ1v) is 6.47. The van der Waals surface area contributed by atoms with Crippen LogP contribution in [0.3, 0.4) is 0 Å². The first-order valence-electron chi connectivity index (χ1n) is 6.47. The van der Waals surface area contributed by atoms with E-state index in [9.17, 15) is 20.0 Å². The number of nitro benzene ring substituents is 1. The molecule has 1 heterocycles. The number of rotatable bonds is 4. The highest BCUT2D eigenvalue weighted by atomic mass is 16.6. The molecule has 1 N–H and O–H groups in total. The van der Waals surface area contributed by atoms with Crippen LogP contribution in [0.15, 0.2) is 22.6 Å². The van der Waals surface area contributed by atoms with E-state index >= 15 is 0 Å². The van der Waals surface area contributed by atoms with Crippen molar-refractivity contribution in [3.63, 3.8) is 0 Å². The molecular formula is C14H12N2O5. The highest BCUT2D eigenvalue weighted by Crippen LogP contribution is 2.43. The van der Waals surface area contributed by atoms with Gasteiger partial charge >= 0.3 is 5.97 Å². The third kappa shape index (κ3) is 2.26.